The number of aromatic nitrogens is 1. The number of hydrogen-bond donors (Lipinski definition) is 1. The number of benzene rings is 2. The first kappa shape index (κ1) is 18.4. The van der Waals surface area contributed by atoms with E-state index in [-0.39, 0.29) is 11.9 Å². The molecule has 1 amide bonds. The Morgan fingerprint density at radius 2 is 1.86 bits per heavy atom. The van der Waals surface area contributed by atoms with Gasteiger partial charge in [-0.05, 0) is 50.4 Å². The minimum atomic E-state index is -0.0391. The molecule has 0 spiro atoms. The molecule has 2 aliphatic rings. The van der Waals surface area contributed by atoms with E-state index >= 15 is 0 Å². The van der Waals surface area contributed by atoms with Gasteiger partial charge in [0.1, 0.15) is 5.52 Å². The number of hydrogen-bond acceptors (Lipinski definition) is 4. The first-order valence-electron chi connectivity index (χ1n) is 10.6. The minimum absolute atomic E-state index is 0.0391. The molecular formula is C24H27N3O2. The molecule has 2 bridgehead atoms. The predicted octanol–water partition coefficient (Wildman–Crippen LogP) is 4.16. The van der Waals surface area contributed by atoms with Gasteiger partial charge in [-0.1, -0.05) is 42.8 Å². The van der Waals surface area contributed by atoms with Crippen LogP contribution in [0.3, 0.4) is 0 Å². The Bertz CT molecular complexity index is 999. The number of carbonyl (C=O) groups is 1. The normalized spacial score (nSPS) is 24.5. The fourth-order valence-electron chi connectivity index (χ4n) is 5.02. The number of para-hydroxylation sites is 1. The molecule has 29 heavy (non-hydrogen) atoms. The Labute approximate surface area is 171 Å². The van der Waals surface area contributed by atoms with E-state index in [0.717, 1.165) is 18.4 Å². The van der Waals surface area contributed by atoms with Crippen LogP contribution in [-0.4, -0.2) is 41.0 Å². The molecule has 3 heterocycles. The van der Waals surface area contributed by atoms with Crippen LogP contribution in [0.25, 0.3) is 11.1 Å². The summed E-state index contributed by atoms with van der Waals surface area (Å²) in [7, 11) is 2.23. The summed E-state index contributed by atoms with van der Waals surface area (Å²) in [4.78, 5) is 20.3. The number of carbonyl (C=O) groups excluding carboxylic acids is 1. The molecule has 2 aromatic carbocycles. The van der Waals surface area contributed by atoms with Gasteiger partial charge in [-0.15, -0.1) is 0 Å². The van der Waals surface area contributed by atoms with E-state index in [2.05, 4.69) is 34.4 Å². The van der Waals surface area contributed by atoms with Crippen LogP contribution in [0.5, 0.6) is 0 Å². The summed E-state index contributed by atoms with van der Waals surface area (Å²) in [6.07, 6.45) is 6.47. The summed E-state index contributed by atoms with van der Waals surface area (Å²) >= 11 is 0. The fraction of sp³-hybridized carbons (Fsp3) is 0.417. The zero-order valence-corrected chi connectivity index (χ0v) is 16.8. The van der Waals surface area contributed by atoms with Crippen molar-refractivity contribution in [3.63, 3.8) is 0 Å². The van der Waals surface area contributed by atoms with Gasteiger partial charge in [0.15, 0.2) is 11.5 Å². The Morgan fingerprint density at radius 3 is 2.62 bits per heavy atom. The molecule has 1 aromatic heterocycles. The second-order valence-corrected chi connectivity index (χ2v) is 8.47. The third kappa shape index (κ3) is 3.67. The van der Waals surface area contributed by atoms with Gasteiger partial charge in [0.25, 0.3) is 5.91 Å². The summed E-state index contributed by atoms with van der Waals surface area (Å²) in [5, 5.41) is 3.29. The average Bonchev–Trinajstić information content (AvgIpc) is 3.12. The van der Waals surface area contributed by atoms with Crippen molar-refractivity contribution < 1.29 is 9.21 Å². The smallest absolute Gasteiger partial charge is 0.253 e. The highest BCUT2D eigenvalue weighted by molar-refractivity contribution is 6.04. The number of oxazole rings is 1. The fourth-order valence-corrected chi connectivity index (χ4v) is 5.02. The third-order valence-electron chi connectivity index (χ3n) is 6.58. The minimum Gasteiger partial charge on any atom is -0.440 e. The number of amides is 1. The number of piperidine rings is 2. The zero-order chi connectivity index (χ0) is 19.8. The third-order valence-corrected chi connectivity index (χ3v) is 6.58. The Morgan fingerprint density at radius 1 is 1.10 bits per heavy atom. The average molecular weight is 389 g/mol. The zero-order valence-electron chi connectivity index (χ0n) is 16.8. The van der Waals surface area contributed by atoms with E-state index in [1.165, 1.54) is 19.3 Å². The molecule has 5 nitrogen and oxygen atoms in total. The van der Waals surface area contributed by atoms with Gasteiger partial charge in [0.05, 0.1) is 5.56 Å². The molecule has 2 fully saturated rings. The summed E-state index contributed by atoms with van der Waals surface area (Å²) in [6.45, 7) is 0. The van der Waals surface area contributed by atoms with Gasteiger partial charge in [0, 0.05) is 24.5 Å². The highest BCUT2D eigenvalue weighted by Crippen LogP contribution is 2.33. The SMILES string of the molecule is CN1C2CCCC1CC(NC(=O)c1cccc3oc(Cc4ccccc4)nc13)C2. The molecule has 5 rings (SSSR count). The highest BCUT2D eigenvalue weighted by Gasteiger charge is 2.36. The van der Waals surface area contributed by atoms with E-state index in [1.54, 1.807) is 0 Å². The van der Waals surface area contributed by atoms with E-state index in [4.69, 9.17) is 4.42 Å². The van der Waals surface area contributed by atoms with Crippen molar-refractivity contribution in [2.45, 2.75) is 56.7 Å². The Balaban J connectivity index is 1.35. The maximum atomic E-state index is 13.1. The van der Waals surface area contributed by atoms with E-state index < -0.39 is 0 Å². The molecule has 5 heteroatoms. The lowest BCUT2D eigenvalue weighted by atomic mass is 9.82. The van der Waals surface area contributed by atoms with Crippen LogP contribution < -0.4 is 5.32 Å². The summed E-state index contributed by atoms with van der Waals surface area (Å²) in [6, 6.07) is 17.1. The first-order chi connectivity index (χ1) is 14.2. The van der Waals surface area contributed by atoms with Crippen LogP contribution in [0.4, 0.5) is 0 Å². The second-order valence-electron chi connectivity index (χ2n) is 8.47. The van der Waals surface area contributed by atoms with Gasteiger partial charge in [-0.3, -0.25) is 4.79 Å². The van der Waals surface area contributed by atoms with Crippen molar-refractivity contribution in [3.8, 4) is 0 Å². The standard InChI is InChI=1S/C24H27N3O2/c1-27-18-9-5-10-19(27)15-17(14-18)25-24(28)20-11-6-12-21-23(20)26-22(29-21)13-16-7-3-2-4-8-16/h2-4,6-8,11-12,17-19H,5,9-10,13-15H2,1H3,(H,25,28). The first-order valence-corrected chi connectivity index (χ1v) is 10.6. The van der Waals surface area contributed by atoms with Crippen molar-refractivity contribution in [1.29, 1.82) is 0 Å². The molecule has 2 unspecified atom stereocenters. The van der Waals surface area contributed by atoms with Crippen LogP contribution in [0.15, 0.2) is 52.9 Å². The van der Waals surface area contributed by atoms with Crippen molar-refractivity contribution in [3.05, 3.63) is 65.5 Å². The lowest BCUT2D eigenvalue weighted by Crippen LogP contribution is -2.55. The van der Waals surface area contributed by atoms with Gasteiger partial charge >= 0.3 is 0 Å². The van der Waals surface area contributed by atoms with E-state index in [9.17, 15) is 4.79 Å². The van der Waals surface area contributed by atoms with E-state index in [0.29, 0.717) is 41.1 Å². The van der Waals surface area contributed by atoms with Crippen LogP contribution in [0.1, 0.15) is 53.9 Å². The van der Waals surface area contributed by atoms with Gasteiger partial charge in [-0.25, -0.2) is 4.98 Å². The van der Waals surface area contributed by atoms with Crippen LogP contribution in [0, 0.1) is 0 Å². The molecule has 1 N–H and O–H groups in total. The highest BCUT2D eigenvalue weighted by atomic mass is 16.3. The number of rotatable bonds is 4. The summed E-state index contributed by atoms with van der Waals surface area (Å²) in [5.74, 6) is 0.600. The van der Waals surface area contributed by atoms with Gasteiger partial charge in [0.2, 0.25) is 0 Å². The van der Waals surface area contributed by atoms with Crippen LogP contribution in [-0.2, 0) is 6.42 Å². The lowest BCUT2D eigenvalue weighted by molar-refractivity contribution is 0.0463. The maximum absolute atomic E-state index is 13.1. The molecule has 2 aliphatic heterocycles. The summed E-state index contributed by atoms with van der Waals surface area (Å²) in [5.41, 5.74) is 3.07. The topological polar surface area (TPSA) is 58.4 Å². The lowest BCUT2D eigenvalue weighted by Gasteiger charge is -2.47. The number of fused-ring (bicyclic) bond motifs is 3. The van der Waals surface area contributed by atoms with Crippen LogP contribution >= 0.6 is 0 Å². The van der Waals surface area contributed by atoms with Crippen molar-refractivity contribution >= 4 is 17.0 Å². The monoisotopic (exact) mass is 389 g/mol. The quantitative estimate of drug-likeness (QED) is 0.728. The molecule has 2 atom stereocenters. The largest absolute Gasteiger partial charge is 0.440 e. The van der Waals surface area contributed by atoms with Crippen LogP contribution in [0.2, 0.25) is 0 Å². The molecule has 150 valence electrons. The molecular weight excluding hydrogens is 362 g/mol. The number of nitrogens with zero attached hydrogens (tertiary/aromatic N) is 2. The van der Waals surface area contributed by atoms with Crippen molar-refractivity contribution in [1.82, 2.24) is 15.2 Å². The molecule has 3 aromatic rings. The Kier molecular flexibility index (Phi) is 4.84. The predicted molar refractivity (Wildman–Crippen MR) is 113 cm³/mol. The molecule has 0 saturated carbocycles. The van der Waals surface area contributed by atoms with Crippen molar-refractivity contribution in [2.24, 2.45) is 0 Å². The molecule has 0 radical (unpaired) electrons. The molecule has 0 aliphatic carbocycles. The maximum Gasteiger partial charge on any atom is 0.253 e. The van der Waals surface area contributed by atoms with E-state index in [1.807, 2.05) is 36.4 Å². The van der Waals surface area contributed by atoms with Gasteiger partial charge < -0.3 is 14.6 Å². The number of nitrogens with one attached hydrogen (secondary N) is 1. The van der Waals surface area contributed by atoms with Gasteiger partial charge in [-0.2, -0.15) is 0 Å². The summed E-state index contributed by atoms with van der Waals surface area (Å²) < 4.78 is 5.93. The Hall–Kier alpha value is -2.66. The second kappa shape index (κ2) is 7.64. The molecule has 2 saturated heterocycles. The van der Waals surface area contributed by atoms with Crippen molar-refractivity contribution in [2.75, 3.05) is 7.05 Å².